The second-order valence-electron chi connectivity index (χ2n) is 8.37. The van der Waals surface area contributed by atoms with Crippen LogP contribution in [0.4, 0.5) is 10.1 Å². The van der Waals surface area contributed by atoms with Crippen LogP contribution >= 0.6 is 0 Å². The monoisotopic (exact) mass is 447 g/mol. The van der Waals surface area contributed by atoms with Gasteiger partial charge in [-0.25, -0.2) is 12.8 Å². The fourth-order valence-corrected chi connectivity index (χ4v) is 5.93. The molecule has 4 rings (SSSR count). The Bertz CT molecular complexity index is 1080. The number of piperidine rings is 1. The molecular weight excluding hydrogens is 421 g/mol. The van der Waals surface area contributed by atoms with Gasteiger partial charge >= 0.3 is 0 Å². The van der Waals surface area contributed by atoms with Gasteiger partial charge in [0.15, 0.2) is 0 Å². The van der Waals surface area contributed by atoms with Gasteiger partial charge in [-0.15, -0.1) is 0 Å². The molecule has 0 unspecified atom stereocenters. The zero-order valence-electron chi connectivity index (χ0n) is 17.5. The Morgan fingerprint density at radius 2 is 2.13 bits per heavy atom. The van der Waals surface area contributed by atoms with Gasteiger partial charge in [0.05, 0.1) is 22.4 Å². The van der Waals surface area contributed by atoms with Crippen LogP contribution in [0.25, 0.3) is 0 Å². The van der Waals surface area contributed by atoms with Crippen molar-refractivity contribution in [1.82, 2.24) is 9.29 Å². The van der Waals surface area contributed by atoms with E-state index in [2.05, 4.69) is 10.3 Å². The molecule has 1 aromatic carbocycles. The van der Waals surface area contributed by atoms with E-state index in [1.54, 1.807) is 31.5 Å². The van der Waals surface area contributed by atoms with E-state index >= 15 is 0 Å². The molecule has 31 heavy (non-hydrogen) atoms. The van der Waals surface area contributed by atoms with Crippen molar-refractivity contribution in [2.24, 2.45) is 5.92 Å². The minimum atomic E-state index is -3.80. The lowest BCUT2D eigenvalue weighted by atomic mass is 9.81. The lowest BCUT2D eigenvalue weighted by Gasteiger charge is -2.43. The summed E-state index contributed by atoms with van der Waals surface area (Å²) in [5.74, 6) is -0.867. The zero-order valence-corrected chi connectivity index (χ0v) is 18.4. The predicted molar refractivity (Wildman–Crippen MR) is 113 cm³/mol. The molecule has 2 fully saturated rings. The molecule has 2 saturated heterocycles. The third kappa shape index (κ3) is 4.22. The first-order chi connectivity index (χ1) is 14.7. The molecule has 1 N–H and O–H groups in total. The number of aryl methyl sites for hydroxylation is 1. The molecule has 7 nitrogen and oxygen atoms in total. The molecule has 1 amide bonds. The Balaban J connectivity index is 1.43. The third-order valence-corrected chi connectivity index (χ3v) is 8.23. The predicted octanol–water partition coefficient (Wildman–Crippen LogP) is 3.12. The lowest BCUT2D eigenvalue weighted by Crippen LogP contribution is -2.52. The van der Waals surface area contributed by atoms with Crippen LogP contribution in [0.15, 0.2) is 47.6 Å². The number of pyridine rings is 1. The van der Waals surface area contributed by atoms with Gasteiger partial charge in [0, 0.05) is 19.3 Å². The van der Waals surface area contributed by atoms with Gasteiger partial charge in [0.25, 0.3) is 5.91 Å². The van der Waals surface area contributed by atoms with Crippen LogP contribution in [0.5, 0.6) is 0 Å². The van der Waals surface area contributed by atoms with Crippen LogP contribution in [-0.2, 0) is 19.6 Å². The number of halogens is 1. The van der Waals surface area contributed by atoms with Crippen LogP contribution in [0, 0.1) is 18.7 Å². The fourth-order valence-electron chi connectivity index (χ4n) is 4.39. The third-order valence-electron chi connectivity index (χ3n) is 6.37. The van der Waals surface area contributed by atoms with Gasteiger partial charge in [-0.3, -0.25) is 9.78 Å². The summed E-state index contributed by atoms with van der Waals surface area (Å²) in [6.45, 7) is 4.06. The number of carbonyl (C=O) groups excluding carboxylic acids is 1. The average molecular weight is 448 g/mol. The van der Waals surface area contributed by atoms with Crippen LogP contribution < -0.4 is 5.32 Å². The Kier molecular flexibility index (Phi) is 5.85. The fraction of sp³-hybridized carbons (Fsp3) is 0.455. The number of nitrogens with one attached hydrogen (secondary N) is 1. The maximum absolute atomic E-state index is 13.9. The summed E-state index contributed by atoms with van der Waals surface area (Å²) < 4.78 is 47.6. The van der Waals surface area contributed by atoms with E-state index in [9.17, 15) is 17.6 Å². The smallest absolute Gasteiger partial charge is 0.253 e. The maximum Gasteiger partial charge on any atom is 0.253 e. The second kappa shape index (κ2) is 8.29. The minimum Gasteiger partial charge on any atom is -0.362 e. The van der Waals surface area contributed by atoms with E-state index in [4.69, 9.17) is 4.74 Å². The van der Waals surface area contributed by atoms with Gasteiger partial charge in [-0.05, 0) is 61.9 Å². The maximum atomic E-state index is 13.9. The first-order valence-corrected chi connectivity index (χ1v) is 11.8. The second-order valence-corrected chi connectivity index (χ2v) is 10.3. The van der Waals surface area contributed by atoms with E-state index < -0.39 is 27.5 Å². The van der Waals surface area contributed by atoms with Gasteiger partial charge in [-0.2, -0.15) is 4.31 Å². The summed E-state index contributed by atoms with van der Waals surface area (Å²) in [5, 5.41) is 2.82. The number of aromatic nitrogens is 1. The molecule has 2 aliphatic heterocycles. The van der Waals surface area contributed by atoms with Crippen molar-refractivity contribution < 1.29 is 22.3 Å². The first kappa shape index (κ1) is 21.9. The van der Waals surface area contributed by atoms with Crippen LogP contribution in [0.3, 0.4) is 0 Å². The molecule has 2 aliphatic rings. The number of benzene rings is 1. The molecule has 9 heteroatoms. The number of nitrogens with zero attached hydrogens (tertiary/aromatic N) is 2. The summed E-state index contributed by atoms with van der Waals surface area (Å²) in [5.41, 5.74) is 0.470. The van der Waals surface area contributed by atoms with E-state index in [1.807, 2.05) is 6.92 Å². The number of hydrogen-bond acceptors (Lipinski definition) is 5. The van der Waals surface area contributed by atoms with Gasteiger partial charge < -0.3 is 10.1 Å². The molecule has 1 spiro atoms. The number of ether oxygens (including phenoxy) is 1. The van der Waals surface area contributed by atoms with Crippen molar-refractivity contribution in [3.63, 3.8) is 0 Å². The summed E-state index contributed by atoms with van der Waals surface area (Å²) in [6.07, 6.45) is 4.36. The van der Waals surface area contributed by atoms with Gasteiger partial charge in [0.1, 0.15) is 11.9 Å². The summed E-state index contributed by atoms with van der Waals surface area (Å²) in [4.78, 5) is 16.6. The van der Waals surface area contributed by atoms with Crippen molar-refractivity contribution in [2.45, 2.75) is 49.7 Å². The SMILES string of the molecule is Cc1ccc(S(=O)(=O)N2CC[C@]3(CC[C@H](C(=O)Nc4cccnc4)O3)[C@@H](C)C2)cc1F. The number of anilines is 1. The quantitative estimate of drug-likeness (QED) is 0.778. The summed E-state index contributed by atoms with van der Waals surface area (Å²) >= 11 is 0. The zero-order chi connectivity index (χ0) is 22.2. The van der Waals surface area contributed by atoms with E-state index in [-0.39, 0.29) is 29.8 Å². The standard InChI is InChI=1S/C22H26FN3O4S/c1-15-5-6-18(12-19(15)23)31(28,29)26-11-9-22(16(2)14-26)8-7-20(30-22)21(27)25-17-4-3-10-24-13-17/h3-6,10,12-13,16,20H,7-9,11,14H2,1-2H3,(H,25,27)/t16-,20+,22+/m0/s1. The highest BCUT2D eigenvalue weighted by molar-refractivity contribution is 7.89. The van der Waals surface area contributed by atoms with Crippen molar-refractivity contribution in [3.8, 4) is 0 Å². The highest BCUT2D eigenvalue weighted by atomic mass is 32.2. The van der Waals surface area contributed by atoms with E-state index in [0.717, 1.165) is 6.07 Å². The summed E-state index contributed by atoms with van der Waals surface area (Å²) in [7, 11) is -3.80. The topological polar surface area (TPSA) is 88.6 Å². The number of rotatable bonds is 4. The van der Waals surface area contributed by atoms with Crippen molar-refractivity contribution in [2.75, 3.05) is 18.4 Å². The lowest BCUT2D eigenvalue weighted by molar-refractivity contribution is -0.140. The summed E-state index contributed by atoms with van der Waals surface area (Å²) in [6, 6.07) is 7.49. The van der Waals surface area contributed by atoms with Gasteiger partial charge in [0.2, 0.25) is 10.0 Å². The molecule has 3 atom stereocenters. The van der Waals surface area contributed by atoms with Crippen LogP contribution in [0.2, 0.25) is 0 Å². The van der Waals surface area contributed by atoms with Crippen LogP contribution in [-0.4, -0.2) is 48.4 Å². The molecular formula is C22H26FN3O4S. The van der Waals surface area contributed by atoms with Crippen LogP contribution in [0.1, 0.15) is 31.7 Å². The van der Waals surface area contributed by atoms with Gasteiger partial charge in [-0.1, -0.05) is 13.0 Å². The van der Waals surface area contributed by atoms with Crippen molar-refractivity contribution >= 4 is 21.6 Å². The Labute approximate surface area is 181 Å². The average Bonchev–Trinajstić information content (AvgIpc) is 3.18. The number of sulfonamides is 1. The van der Waals surface area contributed by atoms with Crippen molar-refractivity contribution in [3.05, 3.63) is 54.1 Å². The molecule has 0 radical (unpaired) electrons. The Morgan fingerprint density at radius 1 is 1.32 bits per heavy atom. The highest BCUT2D eigenvalue weighted by Gasteiger charge is 2.50. The highest BCUT2D eigenvalue weighted by Crippen LogP contribution is 2.43. The molecule has 2 aromatic rings. The normalized spacial score (nSPS) is 26.8. The first-order valence-electron chi connectivity index (χ1n) is 10.4. The molecule has 0 aliphatic carbocycles. The number of carbonyl (C=O) groups is 1. The molecule has 1 aromatic heterocycles. The number of hydrogen-bond donors (Lipinski definition) is 1. The van der Waals surface area contributed by atoms with E-state index in [0.29, 0.717) is 30.5 Å². The molecule has 3 heterocycles. The number of amides is 1. The Hall–Kier alpha value is -2.36. The molecule has 166 valence electrons. The largest absolute Gasteiger partial charge is 0.362 e. The molecule has 0 saturated carbocycles. The molecule has 0 bridgehead atoms. The van der Waals surface area contributed by atoms with Crippen molar-refractivity contribution in [1.29, 1.82) is 0 Å². The Morgan fingerprint density at radius 3 is 2.81 bits per heavy atom. The van der Waals surface area contributed by atoms with E-state index in [1.165, 1.54) is 16.4 Å². The minimum absolute atomic E-state index is 0.0418.